The number of amides is 7. The smallest absolute Gasteiger partial charge is 0.326 e. The molecule has 4 heterocycles. The van der Waals surface area contributed by atoms with Gasteiger partial charge in [-0.15, -0.1) is 0 Å². The number of nitrogen functional groups attached to an aromatic ring is 2. The van der Waals surface area contributed by atoms with Crippen molar-refractivity contribution in [3.63, 3.8) is 0 Å². The van der Waals surface area contributed by atoms with Crippen molar-refractivity contribution in [2.75, 3.05) is 89.8 Å². The number of carboxylic acid groups (broad SMARTS) is 1. The van der Waals surface area contributed by atoms with Crippen LogP contribution < -0.4 is 37.1 Å². The van der Waals surface area contributed by atoms with E-state index in [0.29, 0.717) is 17.8 Å². The molecule has 0 spiro atoms. The van der Waals surface area contributed by atoms with E-state index in [-0.39, 0.29) is 118 Å². The van der Waals surface area contributed by atoms with Crippen LogP contribution in [0.2, 0.25) is 0 Å². The van der Waals surface area contributed by atoms with Gasteiger partial charge in [0.25, 0.3) is 29.5 Å². The number of anilines is 3. The van der Waals surface area contributed by atoms with Crippen LogP contribution in [0.25, 0.3) is 11.2 Å². The summed E-state index contributed by atoms with van der Waals surface area (Å²) in [6.45, 7) is 1.51. The van der Waals surface area contributed by atoms with Gasteiger partial charge >= 0.3 is 5.97 Å². The number of hydrogen-bond donors (Lipinski definition) is 6. The summed E-state index contributed by atoms with van der Waals surface area (Å²) in [4.78, 5) is 121. The molecule has 2 atom stereocenters. The second kappa shape index (κ2) is 23.7. The van der Waals surface area contributed by atoms with E-state index in [4.69, 9.17) is 30.4 Å². The first kappa shape index (κ1) is 50.5. The van der Waals surface area contributed by atoms with E-state index >= 15 is 0 Å². The molecule has 7 amide bonds. The normalized spacial score (nSPS) is 15.0. The fourth-order valence-electron chi connectivity index (χ4n) is 7.20. The van der Waals surface area contributed by atoms with Crippen molar-refractivity contribution >= 4 is 75.9 Å². The Hall–Kier alpha value is -7.90. The highest BCUT2D eigenvalue weighted by Crippen LogP contribution is 2.34. The molecule has 366 valence electrons. The number of carbonyl (C=O) groups excluding carboxylic acids is 7. The second-order valence-electron chi connectivity index (χ2n) is 15.6. The van der Waals surface area contributed by atoms with E-state index in [1.54, 1.807) is 30.5 Å². The lowest BCUT2D eigenvalue weighted by atomic mass is 10.0. The summed E-state index contributed by atoms with van der Waals surface area (Å²) in [6, 6.07) is 8.45. The molecule has 1 saturated heterocycles. The number of carbonyl (C=O) groups is 8. The van der Waals surface area contributed by atoms with Gasteiger partial charge in [0, 0.05) is 51.3 Å². The fraction of sp³-hybridized carbons (Fsp3) is 0.409. The molecule has 0 bridgehead atoms. The van der Waals surface area contributed by atoms with E-state index < -0.39 is 66.0 Å². The topological polar surface area (TPSA) is 343 Å². The molecule has 2 aliphatic rings. The van der Waals surface area contributed by atoms with Crippen molar-refractivity contribution in [3.8, 4) is 5.75 Å². The van der Waals surface area contributed by atoms with Gasteiger partial charge in [-0.2, -0.15) is 9.97 Å². The number of nitrogens with one attached hydrogen (secondary N) is 3. The Balaban J connectivity index is 0.773. The zero-order chi connectivity index (χ0) is 49.6. The highest BCUT2D eigenvalue weighted by molar-refractivity contribution is 6.24. The molecule has 0 aliphatic carbocycles. The molecule has 2 aliphatic heterocycles. The number of fused-ring (bicyclic) bond motifs is 2. The predicted molar refractivity (Wildman–Crippen MR) is 242 cm³/mol. The minimum absolute atomic E-state index is 0.00473. The summed E-state index contributed by atoms with van der Waals surface area (Å²) in [6.07, 6.45) is 1.28. The number of aromatic nitrogens is 4. The van der Waals surface area contributed by atoms with Crippen LogP contribution in [0.15, 0.2) is 48.7 Å². The number of imide groups is 2. The maximum absolute atomic E-state index is 13.3. The van der Waals surface area contributed by atoms with Crippen molar-refractivity contribution < 1.29 is 62.4 Å². The lowest BCUT2D eigenvalue weighted by molar-refractivity contribution is -0.149. The monoisotopic (exact) mass is 956 g/mol. The van der Waals surface area contributed by atoms with Crippen molar-refractivity contribution in [2.24, 2.45) is 0 Å². The number of likely N-dealkylation sites (N-methyl/N-ethyl adjacent to an activating group) is 1. The van der Waals surface area contributed by atoms with Crippen molar-refractivity contribution in [2.45, 2.75) is 44.3 Å². The average molecular weight is 957 g/mol. The molecule has 69 heavy (non-hydrogen) atoms. The van der Waals surface area contributed by atoms with Gasteiger partial charge in [0.2, 0.25) is 17.8 Å². The fourth-order valence-corrected chi connectivity index (χ4v) is 7.20. The van der Waals surface area contributed by atoms with Crippen LogP contribution >= 0.6 is 0 Å². The molecule has 2 aromatic carbocycles. The molecular weight excluding hydrogens is 905 g/mol. The minimum atomic E-state index is -1.31. The number of carboxylic acids is 1. The highest BCUT2D eigenvalue weighted by Gasteiger charge is 2.47. The Labute approximate surface area is 394 Å². The number of benzene rings is 2. The number of likely N-dealkylation sites (tertiary alicyclic amines) is 1. The number of hydrogen-bond acceptors (Lipinski definition) is 19. The minimum Gasteiger partial charge on any atom is -0.483 e. The van der Waals surface area contributed by atoms with Crippen LogP contribution in [-0.2, 0) is 44.7 Å². The average Bonchev–Trinajstić information content (AvgIpc) is 3.58. The number of piperidine rings is 1. The molecule has 0 saturated carbocycles. The standard InChI is InChI=1S/C44H52N12O13/c1-54(23-26-22-49-38-36(50-26)37(45)52-44(46)53-38)27-8-6-25(7-9-27)39(60)51-29(43(64)65)10-12-32(57)47-14-16-66-18-20-68-21-19-67-17-15-48-33(58)24-69-31-5-3-4-28-35(31)42(63)56(40(28)61)30-11-13-34(59)55(2)41(30)62/h3-9,22,29-30H,10-21,23-24H2,1-2H3,(H,47,57)(H,48,58)(H,51,60)(H,64,65)(H4,45,46,49,52,53)/t29-,30?/m0/s1. The number of rotatable bonds is 25. The van der Waals surface area contributed by atoms with Gasteiger partial charge in [-0.3, -0.25) is 43.4 Å². The van der Waals surface area contributed by atoms with Crippen LogP contribution in [0.1, 0.15) is 62.5 Å². The van der Waals surface area contributed by atoms with E-state index in [2.05, 4.69) is 35.9 Å². The Morgan fingerprint density at radius 2 is 1.54 bits per heavy atom. The second-order valence-corrected chi connectivity index (χ2v) is 15.6. The Kier molecular flexibility index (Phi) is 17.4. The van der Waals surface area contributed by atoms with Gasteiger partial charge in [0.1, 0.15) is 17.8 Å². The molecule has 1 unspecified atom stereocenters. The molecule has 6 rings (SSSR count). The number of ether oxygens (including phenoxy) is 4. The number of nitrogens with zero attached hydrogens (tertiary/aromatic N) is 7. The molecule has 4 aromatic rings. The van der Waals surface area contributed by atoms with Crippen LogP contribution in [0, 0.1) is 0 Å². The first-order valence-corrected chi connectivity index (χ1v) is 21.7. The van der Waals surface area contributed by atoms with E-state index in [0.717, 1.165) is 15.5 Å². The summed E-state index contributed by atoms with van der Waals surface area (Å²) < 4.78 is 22.0. The largest absolute Gasteiger partial charge is 0.483 e. The van der Waals surface area contributed by atoms with Crippen LogP contribution in [0.5, 0.6) is 5.75 Å². The van der Waals surface area contributed by atoms with Gasteiger partial charge in [0.15, 0.2) is 23.6 Å². The predicted octanol–water partition coefficient (Wildman–Crippen LogP) is -0.712. The number of nitrogens with two attached hydrogens (primary N) is 2. The third-order valence-electron chi connectivity index (χ3n) is 10.8. The van der Waals surface area contributed by atoms with Crippen molar-refractivity contribution in [3.05, 3.63) is 71.0 Å². The Bertz CT molecular complexity index is 2580. The molecule has 0 radical (unpaired) electrons. The summed E-state index contributed by atoms with van der Waals surface area (Å²) >= 11 is 0. The lowest BCUT2D eigenvalue weighted by Crippen LogP contribution is -2.54. The Morgan fingerprint density at radius 3 is 2.22 bits per heavy atom. The third kappa shape index (κ3) is 13.2. The van der Waals surface area contributed by atoms with Gasteiger partial charge in [-0.1, -0.05) is 6.07 Å². The molecule has 25 nitrogen and oxygen atoms in total. The molecule has 8 N–H and O–H groups in total. The Morgan fingerprint density at radius 1 is 0.870 bits per heavy atom. The first-order chi connectivity index (χ1) is 33.1. The summed E-state index contributed by atoms with van der Waals surface area (Å²) in [5.41, 5.74) is 13.7. The molecule has 1 fully saturated rings. The highest BCUT2D eigenvalue weighted by atomic mass is 16.5. The van der Waals surface area contributed by atoms with Crippen molar-refractivity contribution in [1.29, 1.82) is 0 Å². The first-order valence-electron chi connectivity index (χ1n) is 21.7. The van der Waals surface area contributed by atoms with E-state index in [1.165, 1.54) is 25.2 Å². The molecular formula is C44H52N12O13. The van der Waals surface area contributed by atoms with Crippen LogP contribution in [0.3, 0.4) is 0 Å². The van der Waals surface area contributed by atoms with Gasteiger partial charge in [-0.05, 0) is 49.2 Å². The summed E-state index contributed by atoms with van der Waals surface area (Å²) in [5, 5.41) is 17.4. The zero-order valence-corrected chi connectivity index (χ0v) is 37.8. The van der Waals surface area contributed by atoms with Crippen LogP contribution in [0.4, 0.5) is 17.5 Å². The van der Waals surface area contributed by atoms with E-state index in [1.807, 2.05) is 11.9 Å². The van der Waals surface area contributed by atoms with E-state index in [9.17, 15) is 43.5 Å². The summed E-state index contributed by atoms with van der Waals surface area (Å²) in [7, 11) is 3.12. The third-order valence-corrected chi connectivity index (χ3v) is 10.8. The summed E-state index contributed by atoms with van der Waals surface area (Å²) in [5.74, 6) is -5.16. The maximum atomic E-state index is 13.3. The van der Waals surface area contributed by atoms with Gasteiger partial charge < -0.3 is 56.4 Å². The maximum Gasteiger partial charge on any atom is 0.326 e. The van der Waals surface area contributed by atoms with Gasteiger partial charge in [0.05, 0.1) is 69.2 Å². The van der Waals surface area contributed by atoms with Gasteiger partial charge in [-0.25, -0.2) is 14.8 Å². The molecule has 2 aromatic heterocycles. The van der Waals surface area contributed by atoms with Crippen molar-refractivity contribution in [1.82, 2.24) is 45.7 Å². The lowest BCUT2D eigenvalue weighted by Gasteiger charge is -2.32. The van der Waals surface area contributed by atoms with Crippen LogP contribution in [-0.4, -0.2) is 168 Å². The zero-order valence-electron chi connectivity index (χ0n) is 37.8. The number of aliphatic carboxylic acids is 1. The molecule has 25 heteroatoms. The SMILES string of the molecule is CN1C(=O)CCC(N2C(=O)c3cccc(OCC(=O)NCCOCCOCCOCCNC(=O)CC[C@H](NC(=O)c4ccc(N(C)Cc5cnc6nc(N)nc(N)c6n5)cc4)C(=O)O)c3C2=O)C1=O. The quantitative estimate of drug-likeness (QED) is 0.0353.